The van der Waals surface area contributed by atoms with Crippen LogP contribution in [-0.4, -0.2) is 180 Å². The van der Waals surface area contributed by atoms with E-state index in [0.29, 0.717) is 37.0 Å². The van der Waals surface area contributed by atoms with Crippen molar-refractivity contribution in [2.24, 2.45) is 52.3 Å². The van der Waals surface area contributed by atoms with Crippen LogP contribution in [0, 0.1) is 52.3 Å². The molecule has 0 spiro atoms. The molecule has 26 atom stereocenters. The zero-order valence-electron chi connectivity index (χ0n) is 36.7. The molecule has 7 fully saturated rings. The van der Waals surface area contributed by atoms with E-state index >= 15 is 0 Å². The highest BCUT2D eigenvalue weighted by Crippen LogP contribution is 2.70. The summed E-state index contributed by atoms with van der Waals surface area (Å²) in [4.78, 5) is 0. The third-order valence-corrected chi connectivity index (χ3v) is 17.7. The zero-order valence-corrected chi connectivity index (χ0v) is 36.7. The van der Waals surface area contributed by atoms with E-state index in [2.05, 4.69) is 26.8 Å². The van der Waals surface area contributed by atoms with Crippen LogP contribution in [0.1, 0.15) is 92.4 Å². The van der Waals surface area contributed by atoms with Crippen LogP contribution in [0.2, 0.25) is 0 Å². The van der Waals surface area contributed by atoms with E-state index in [-0.39, 0.29) is 47.2 Å². The van der Waals surface area contributed by atoms with E-state index in [4.69, 9.17) is 28.4 Å². The number of hydrogen-bond donors (Lipinski definition) is 11. The second kappa shape index (κ2) is 17.9. The number of rotatable bonds is 11. The maximum Gasteiger partial charge on any atom is 0.187 e. The lowest BCUT2D eigenvalue weighted by atomic mass is 9.46. The van der Waals surface area contributed by atoms with E-state index < -0.39 is 111 Å². The van der Waals surface area contributed by atoms with Crippen LogP contribution in [0.25, 0.3) is 0 Å². The van der Waals surface area contributed by atoms with E-state index in [1.165, 1.54) is 5.57 Å². The molecule has 11 N–H and O–H groups in total. The lowest BCUT2D eigenvalue weighted by Crippen LogP contribution is -2.65. The number of hydrogen-bond acceptors (Lipinski definition) is 17. The lowest BCUT2D eigenvalue weighted by Gasteiger charge is -2.59. The van der Waals surface area contributed by atoms with Crippen LogP contribution >= 0.6 is 0 Å². The quantitative estimate of drug-likeness (QED) is 0.116. The highest BCUT2D eigenvalue weighted by Gasteiger charge is 2.68. The van der Waals surface area contributed by atoms with Gasteiger partial charge in [0.2, 0.25) is 0 Å². The average Bonchev–Trinajstić information content (AvgIpc) is 3.69. The first-order chi connectivity index (χ1) is 29.3. The molecule has 8 aliphatic rings. The number of allylic oxidation sites excluding steroid dienone is 2. The van der Waals surface area contributed by atoms with Crippen LogP contribution in [-0.2, 0) is 28.4 Å². The molecule has 17 heteroatoms. The Bertz CT molecular complexity index is 1590. The normalized spacial score (nSPS) is 55.7. The summed E-state index contributed by atoms with van der Waals surface area (Å²) in [5.74, 6) is -0.108. The van der Waals surface area contributed by atoms with Crippen molar-refractivity contribution < 1.29 is 84.6 Å². The van der Waals surface area contributed by atoms with Gasteiger partial charge in [0.15, 0.2) is 18.4 Å². The van der Waals surface area contributed by atoms with Crippen molar-refractivity contribution >= 4 is 0 Å². The van der Waals surface area contributed by atoms with Crippen molar-refractivity contribution in [2.75, 3.05) is 19.8 Å². The van der Waals surface area contributed by atoms with E-state index in [9.17, 15) is 56.2 Å². The minimum atomic E-state index is -1.60. The first-order valence-corrected chi connectivity index (χ1v) is 23.3. The molecule has 4 saturated heterocycles. The molecule has 0 aromatic heterocycles. The summed E-state index contributed by atoms with van der Waals surface area (Å²) in [5, 5.41) is 116. The third kappa shape index (κ3) is 7.97. The average molecular weight is 887 g/mol. The van der Waals surface area contributed by atoms with Gasteiger partial charge in [0.1, 0.15) is 67.1 Å². The predicted octanol–water partition coefficient (Wildman–Crippen LogP) is -0.558. The summed E-state index contributed by atoms with van der Waals surface area (Å²) in [5.41, 5.74) is 1.25. The van der Waals surface area contributed by atoms with Crippen molar-refractivity contribution in [2.45, 2.75) is 196 Å². The highest BCUT2D eigenvalue weighted by molar-refractivity contribution is 5.27. The summed E-state index contributed by atoms with van der Waals surface area (Å²) >= 11 is 0. The van der Waals surface area contributed by atoms with E-state index in [1.54, 1.807) is 6.92 Å². The first kappa shape index (κ1) is 47.5. The van der Waals surface area contributed by atoms with Crippen LogP contribution in [0.3, 0.4) is 0 Å². The van der Waals surface area contributed by atoms with Crippen molar-refractivity contribution in [1.29, 1.82) is 0 Å². The maximum absolute atomic E-state index is 12.1. The Labute approximate surface area is 363 Å². The third-order valence-electron chi connectivity index (χ3n) is 17.7. The molecular formula is C45H74O17. The fraction of sp³-hybridized carbons (Fsp3) is 0.956. The summed E-state index contributed by atoms with van der Waals surface area (Å²) in [6.07, 6.45) is -9.84. The molecule has 1 unspecified atom stereocenters. The number of aliphatic hydroxyl groups excluding tert-OH is 10. The Morgan fingerprint density at radius 3 is 2.15 bits per heavy atom. The van der Waals surface area contributed by atoms with Crippen LogP contribution in [0.15, 0.2) is 11.6 Å². The molecule has 0 aromatic carbocycles. The standard InChI is InChI=1S/C45H74O17/c1-19(18-57-41-37(54)35(52)32(49)29(17-47)60-41)8-13-45(56)20(2)30-27(62-45)15-26-24-7-6-23-14-22(9-11-43(23,4)25(24)10-12-44(26,30)5)39-40(36(53)33(50)28(16-46)59-39)61-42-38(55)34(51)31(48)21(3)58-42/h6,19-22,24-42,46-56H,7-18H2,1-5H3/t19?,20-,21-,22-,24+,25-,26-,27-,28+,29+,30-,31-,32+,33+,34+,35-,36-,37+,38+,39-,40+,41+,42-,43-,44-,45+/m0/s1. The van der Waals surface area contributed by atoms with Gasteiger partial charge in [0, 0.05) is 12.3 Å². The molecule has 4 aliphatic heterocycles. The molecule has 0 bridgehead atoms. The molecular weight excluding hydrogens is 812 g/mol. The predicted molar refractivity (Wildman–Crippen MR) is 216 cm³/mol. The first-order valence-electron chi connectivity index (χ1n) is 23.3. The molecule has 4 heterocycles. The highest BCUT2D eigenvalue weighted by atomic mass is 16.7. The van der Waals surface area contributed by atoms with Crippen LogP contribution in [0.4, 0.5) is 0 Å². The minimum Gasteiger partial charge on any atom is -0.394 e. The van der Waals surface area contributed by atoms with Gasteiger partial charge < -0.3 is 84.6 Å². The second-order valence-corrected chi connectivity index (χ2v) is 21.1. The van der Waals surface area contributed by atoms with E-state index in [1.807, 2.05) is 6.92 Å². The van der Waals surface area contributed by atoms with Crippen LogP contribution in [0.5, 0.6) is 0 Å². The molecule has 0 aromatic rings. The number of ether oxygens (including phenoxy) is 6. The molecule has 356 valence electrons. The maximum atomic E-state index is 12.1. The molecule has 0 amide bonds. The molecule has 0 radical (unpaired) electrons. The molecule has 62 heavy (non-hydrogen) atoms. The Morgan fingerprint density at radius 1 is 0.774 bits per heavy atom. The lowest BCUT2D eigenvalue weighted by molar-refractivity contribution is -0.341. The van der Waals surface area contributed by atoms with Gasteiger partial charge in [-0.15, -0.1) is 0 Å². The van der Waals surface area contributed by atoms with Gasteiger partial charge in [-0.05, 0) is 105 Å². The zero-order chi connectivity index (χ0) is 44.8. The topological polar surface area (TPSA) is 278 Å². The van der Waals surface area contributed by atoms with Gasteiger partial charge in [-0.1, -0.05) is 39.3 Å². The monoisotopic (exact) mass is 886 g/mol. The molecule has 8 rings (SSSR count). The fourth-order valence-corrected chi connectivity index (χ4v) is 13.9. The minimum absolute atomic E-state index is 0.0177. The Balaban J connectivity index is 0.909. The van der Waals surface area contributed by atoms with Gasteiger partial charge in [-0.25, -0.2) is 0 Å². The van der Waals surface area contributed by atoms with Gasteiger partial charge >= 0.3 is 0 Å². The number of fused-ring (bicyclic) bond motifs is 7. The number of aliphatic hydroxyl groups is 11. The van der Waals surface area contributed by atoms with Crippen LogP contribution < -0.4 is 0 Å². The summed E-state index contributed by atoms with van der Waals surface area (Å²) in [6.45, 7) is 9.56. The molecule has 17 nitrogen and oxygen atoms in total. The van der Waals surface area contributed by atoms with Crippen molar-refractivity contribution in [3.05, 3.63) is 11.6 Å². The summed E-state index contributed by atoms with van der Waals surface area (Å²) < 4.78 is 36.2. The Hall–Kier alpha value is -0.940. The van der Waals surface area contributed by atoms with E-state index in [0.717, 1.165) is 38.5 Å². The Morgan fingerprint density at radius 2 is 1.44 bits per heavy atom. The Kier molecular flexibility index (Phi) is 13.8. The van der Waals surface area contributed by atoms with Gasteiger partial charge in [0.25, 0.3) is 0 Å². The van der Waals surface area contributed by atoms with Gasteiger partial charge in [-0.2, -0.15) is 0 Å². The molecule has 4 aliphatic carbocycles. The molecule has 3 saturated carbocycles. The van der Waals surface area contributed by atoms with Crippen molar-refractivity contribution in [1.82, 2.24) is 0 Å². The largest absolute Gasteiger partial charge is 0.394 e. The van der Waals surface area contributed by atoms with Crippen molar-refractivity contribution in [3.63, 3.8) is 0 Å². The van der Waals surface area contributed by atoms with Gasteiger partial charge in [-0.3, -0.25) is 0 Å². The summed E-state index contributed by atoms with van der Waals surface area (Å²) in [7, 11) is 0. The second-order valence-electron chi connectivity index (χ2n) is 21.1. The smallest absolute Gasteiger partial charge is 0.187 e. The van der Waals surface area contributed by atoms with Gasteiger partial charge in [0.05, 0.1) is 38.1 Å². The van der Waals surface area contributed by atoms with Crippen molar-refractivity contribution in [3.8, 4) is 0 Å². The SMILES string of the molecule is CC(CC[C@@]1(O)O[C@H]2C[C@H]3[C@@H]4CC=C5C[C@@H]([C@@H]6O[C@H](CO)[C@@H](O)[C@H](O)[C@H]6O[C@@H]6O[C@@H](C)[C@H](O)[C@@H](O)[C@H]6O)CC[C@]5(C)[C@H]4CC[C@]3(C)[C@H]2[C@@H]1C)CO[C@@H]1O[C@H](CO)[C@@H](O)[C@H](O)[C@H]1O. The summed E-state index contributed by atoms with van der Waals surface area (Å²) in [6, 6.07) is 0. The fourth-order valence-electron chi connectivity index (χ4n) is 13.9.